The van der Waals surface area contributed by atoms with Crippen LogP contribution in [0.1, 0.15) is 22.9 Å². The lowest BCUT2D eigenvalue weighted by Crippen LogP contribution is -2.36. The van der Waals surface area contributed by atoms with Gasteiger partial charge in [0, 0.05) is 38.2 Å². The Hall–Kier alpha value is -7.68. The van der Waals surface area contributed by atoms with E-state index in [9.17, 15) is 0 Å². The summed E-state index contributed by atoms with van der Waals surface area (Å²) in [6.45, 7) is 0. The number of aliphatic imine (C=N–C) groups is 2. The molecule has 0 spiro atoms. The molecule has 10 aromatic rings. The zero-order valence-corrected chi connectivity index (χ0v) is 30.1. The number of para-hydroxylation sites is 1. The Morgan fingerprint density at radius 2 is 1.14 bits per heavy atom. The van der Waals surface area contributed by atoms with Gasteiger partial charge in [-0.15, -0.1) is 0 Å². The largest absolute Gasteiger partial charge is 0.456 e. The molecule has 0 amide bonds. The van der Waals surface area contributed by atoms with Gasteiger partial charge in [-0.3, -0.25) is 0 Å². The lowest BCUT2D eigenvalue weighted by atomic mass is 9.92. The van der Waals surface area contributed by atoms with Crippen molar-refractivity contribution in [3.8, 4) is 27.9 Å². The van der Waals surface area contributed by atoms with E-state index in [1.807, 2.05) is 60.7 Å². The molecule has 262 valence electrons. The Balaban J connectivity index is 1.06. The average molecular weight is 717 g/mol. The van der Waals surface area contributed by atoms with E-state index in [1.165, 1.54) is 10.8 Å². The lowest BCUT2D eigenvalue weighted by molar-refractivity contribution is 0.667. The van der Waals surface area contributed by atoms with Crippen molar-refractivity contribution in [3.63, 3.8) is 0 Å². The van der Waals surface area contributed by atoms with Crippen molar-refractivity contribution in [2.75, 3.05) is 0 Å². The van der Waals surface area contributed by atoms with Crippen LogP contribution in [0.3, 0.4) is 0 Å². The summed E-state index contributed by atoms with van der Waals surface area (Å²) in [7, 11) is 0. The van der Waals surface area contributed by atoms with Crippen LogP contribution in [0.25, 0.3) is 71.7 Å². The van der Waals surface area contributed by atoms with Gasteiger partial charge in [0.2, 0.25) is 0 Å². The number of nitrogens with zero attached hydrogens (tertiary/aromatic N) is 3. The van der Waals surface area contributed by atoms with Gasteiger partial charge in [-0.1, -0.05) is 140 Å². The Kier molecular flexibility index (Phi) is 7.39. The van der Waals surface area contributed by atoms with Gasteiger partial charge in [0.25, 0.3) is 0 Å². The quantitative estimate of drug-likeness (QED) is 0.186. The highest BCUT2D eigenvalue weighted by Crippen LogP contribution is 2.41. The Morgan fingerprint density at radius 3 is 1.86 bits per heavy atom. The van der Waals surface area contributed by atoms with Gasteiger partial charge >= 0.3 is 0 Å². The maximum Gasteiger partial charge on any atom is 0.170 e. The first-order chi connectivity index (χ1) is 27.8. The van der Waals surface area contributed by atoms with Crippen LogP contribution >= 0.6 is 0 Å². The Bertz CT molecular complexity index is 3100. The van der Waals surface area contributed by atoms with Crippen LogP contribution in [0, 0.1) is 12.1 Å². The number of hydrogen-bond acceptors (Lipinski definition) is 4. The molecule has 0 bridgehead atoms. The highest BCUT2D eigenvalue weighted by atomic mass is 16.3. The molecule has 0 aliphatic carbocycles. The van der Waals surface area contributed by atoms with Crippen molar-refractivity contribution in [1.29, 1.82) is 0 Å². The Labute approximate surface area is 323 Å². The molecule has 0 atom stereocenters. The van der Waals surface area contributed by atoms with Crippen LogP contribution in [0.2, 0.25) is 0 Å². The van der Waals surface area contributed by atoms with Gasteiger partial charge < -0.3 is 14.3 Å². The molecule has 0 fully saturated rings. The molecule has 0 unspecified atom stereocenters. The lowest BCUT2D eigenvalue weighted by Gasteiger charge is -2.22. The molecule has 1 aliphatic rings. The van der Waals surface area contributed by atoms with Crippen molar-refractivity contribution < 1.29 is 4.42 Å². The number of fused-ring (bicyclic) bond motifs is 6. The molecular weight excluding hydrogens is 685 g/mol. The van der Waals surface area contributed by atoms with Crippen LogP contribution < -0.4 is 5.32 Å². The maximum absolute atomic E-state index is 6.52. The van der Waals surface area contributed by atoms with E-state index in [0.717, 1.165) is 89.3 Å². The third-order valence-corrected chi connectivity index (χ3v) is 10.7. The molecule has 5 nitrogen and oxygen atoms in total. The number of hydrogen-bond donors (Lipinski definition) is 1. The second-order valence-corrected chi connectivity index (χ2v) is 14.0. The number of aromatic nitrogens is 1. The van der Waals surface area contributed by atoms with Crippen LogP contribution in [0.4, 0.5) is 0 Å². The first kappa shape index (κ1) is 31.8. The van der Waals surface area contributed by atoms with Gasteiger partial charge in [-0.25, -0.2) is 9.98 Å². The Morgan fingerprint density at radius 1 is 0.500 bits per heavy atom. The molecule has 2 aromatic heterocycles. The van der Waals surface area contributed by atoms with E-state index in [1.54, 1.807) is 0 Å². The average Bonchev–Trinajstić information content (AvgIpc) is 3.82. The zero-order chi connectivity index (χ0) is 37.0. The third-order valence-electron chi connectivity index (χ3n) is 10.7. The summed E-state index contributed by atoms with van der Waals surface area (Å²) in [5, 5.41) is 7.96. The molecule has 5 heteroatoms. The summed E-state index contributed by atoms with van der Waals surface area (Å²) in [6, 6.07) is 69.6. The van der Waals surface area contributed by atoms with E-state index in [-0.39, 0.29) is 0 Å². The topological polar surface area (TPSA) is 54.8 Å². The van der Waals surface area contributed by atoms with Crippen molar-refractivity contribution in [1.82, 2.24) is 9.88 Å². The number of benzene rings is 7. The number of furan rings is 1. The second kappa shape index (κ2) is 13.0. The highest BCUT2D eigenvalue weighted by molar-refractivity contribution is 6.16. The minimum absolute atomic E-state index is 0.484. The summed E-state index contributed by atoms with van der Waals surface area (Å²) in [4.78, 5) is 10.4. The molecule has 0 saturated heterocycles. The molecule has 11 rings (SSSR count). The van der Waals surface area contributed by atoms with Crippen molar-refractivity contribution in [3.05, 3.63) is 211 Å². The maximum atomic E-state index is 6.52. The van der Waals surface area contributed by atoms with Gasteiger partial charge in [0.05, 0.1) is 16.7 Å². The molecule has 0 radical (unpaired) electrons. The van der Waals surface area contributed by atoms with Crippen LogP contribution in [0.15, 0.2) is 196 Å². The number of nitrogens with one attached hydrogen (secondary N) is 1. The predicted octanol–water partition coefficient (Wildman–Crippen LogP) is 12.1. The second-order valence-electron chi connectivity index (χ2n) is 14.0. The standard InChI is InChI=1S/C51H32N4O/c1-4-15-33(16-5-1)49-52-50(34-17-6-2-7-18-34)54-51(53-49)41-24-14-26-47-48(41)43-32-36(28-30-46(43)56-47)39-22-11-10-21-38(39)35-27-29-45-42(31-35)40-23-12-13-25-44(40)55(45)37-19-8-3-9-20-37/h1-8,10-19,21-32,51H,(H,52,53,54). The molecule has 1 aliphatic heterocycles. The summed E-state index contributed by atoms with van der Waals surface area (Å²) >= 11 is 0. The monoisotopic (exact) mass is 716 g/mol. The van der Waals surface area contributed by atoms with Crippen LogP contribution in [-0.2, 0) is 0 Å². The van der Waals surface area contributed by atoms with E-state index >= 15 is 0 Å². The third kappa shape index (κ3) is 5.27. The fraction of sp³-hybridized carbons (Fsp3) is 0.0196. The first-order valence-corrected chi connectivity index (χ1v) is 18.8. The minimum Gasteiger partial charge on any atom is -0.456 e. The first-order valence-electron chi connectivity index (χ1n) is 18.8. The van der Waals surface area contributed by atoms with Gasteiger partial charge in [0.1, 0.15) is 22.8 Å². The number of amidine groups is 2. The molecule has 3 heterocycles. The zero-order valence-electron chi connectivity index (χ0n) is 30.1. The molecule has 0 saturated carbocycles. The van der Waals surface area contributed by atoms with Gasteiger partial charge in [-0.05, 0) is 76.9 Å². The van der Waals surface area contributed by atoms with E-state index in [2.05, 4.69) is 143 Å². The fourth-order valence-electron chi connectivity index (χ4n) is 8.17. The normalized spacial score (nSPS) is 13.1. The van der Waals surface area contributed by atoms with E-state index in [4.69, 9.17) is 14.4 Å². The van der Waals surface area contributed by atoms with Crippen molar-refractivity contribution >= 4 is 55.4 Å². The predicted molar refractivity (Wildman–Crippen MR) is 228 cm³/mol. The summed E-state index contributed by atoms with van der Waals surface area (Å²) < 4.78 is 8.79. The smallest absolute Gasteiger partial charge is 0.170 e. The minimum atomic E-state index is -0.484. The summed E-state index contributed by atoms with van der Waals surface area (Å²) in [6.07, 6.45) is -0.484. The SMILES string of the molecule is c1cccc(-n2c3ccccc3c3cc(-c4ccccc4-c4ccc5oc6cccc(C7N=C(c8ccccc8)NC(c8ccccc8)=N7)c6c5c4)ccc32)c#1. The van der Waals surface area contributed by atoms with Crippen molar-refractivity contribution in [2.24, 2.45) is 9.98 Å². The van der Waals surface area contributed by atoms with Crippen molar-refractivity contribution in [2.45, 2.75) is 6.17 Å². The number of rotatable bonds is 6. The highest BCUT2D eigenvalue weighted by Gasteiger charge is 2.24. The van der Waals surface area contributed by atoms with E-state index in [0.29, 0.717) is 0 Å². The van der Waals surface area contributed by atoms with Gasteiger partial charge in [0.15, 0.2) is 6.17 Å². The van der Waals surface area contributed by atoms with Gasteiger partial charge in [-0.2, -0.15) is 0 Å². The fourth-order valence-corrected chi connectivity index (χ4v) is 8.17. The van der Waals surface area contributed by atoms with Crippen LogP contribution in [-0.4, -0.2) is 16.2 Å². The van der Waals surface area contributed by atoms with E-state index < -0.39 is 6.17 Å². The summed E-state index contributed by atoms with van der Waals surface area (Å²) in [5.74, 6) is 1.56. The molecular formula is C51H32N4O. The summed E-state index contributed by atoms with van der Waals surface area (Å²) in [5.41, 5.74) is 12.4. The molecule has 8 aromatic carbocycles. The van der Waals surface area contributed by atoms with Crippen LogP contribution in [0.5, 0.6) is 0 Å². The molecule has 1 N–H and O–H groups in total. The molecule has 56 heavy (non-hydrogen) atoms.